The Balaban J connectivity index is 1.65. The predicted octanol–water partition coefficient (Wildman–Crippen LogP) is 3.77. The van der Waals surface area contributed by atoms with Gasteiger partial charge in [-0.2, -0.15) is 0 Å². The smallest absolute Gasteiger partial charge is 0.236 e. The minimum atomic E-state index is -0.214. The summed E-state index contributed by atoms with van der Waals surface area (Å²) in [5, 5.41) is 4.12. The van der Waals surface area contributed by atoms with Crippen molar-refractivity contribution in [3.05, 3.63) is 52.9 Å². The van der Waals surface area contributed by atoms with E-state index >= 15 is 0 Å². The third-order valence-corrected chi connectivity index (χ3v) is 4.26. The first-order valence-electron chi connectivity index (χ1n) is 6.29. The highest BCUT2D eigenvalue weighted by Crippen LogP contribution is 2.23. The lowest BCUT2D eigenvalue weighted by Gasteiger charge is -2.06. The van der Waals surface area contributed by atoms with Crippen LogP contribution in [0.3, 0.4) is 0 Å². The molecule has 3 aromatic rings. The molecule has 3 rings (SSSR count). The van der Waals surface area contributed by atoms with Gasteiger partial charge in [-0.05, 0) is 18.2 Å². The van der Waals surface area contributed by atoms with Crippen LogP contribution < -0.4 is 5.32 Å². The van der Waals surface area contributed by atoms with Crippen LogP contribution in [0.1, 0.15) is 0 Å². The summed E-state index contributed by atoms with van der Waals surface area (Å²) in [6.07, 6.45) is 5.09. The minimum Gasteiger partial charge on any atom is -0.309 e. The Kier molecular flexibility index (Phi) is 4.52. The number of rotatable bonds is 4. The van der Waals surface area contributed by atoms with E-state index in [2.05, 4.69) is 15.3 Å². The average molecular weight is 353 g/mol. The Bertz CT molecular complexity index is 837. The zero-order valence-electron chi connectivity index (χ0n) is 11.2. The SMILES string of the molecule is O=C(CSc1ncc2ccccn12)Nc1ncc(Cl)cc1Cl. The molecule has 1 N–H and O–H groups in total. The Morgan fingerprint density at radius 3 is 2.95 bits per heavy atom. The van der Waals surface area contributed by atoms with Crippen LogP contribution in [0.2, 0.25) is 10.0 Å². The lowest BCUT2D eigenvalue weighted by atomic mass is 10.4. The van der Waals surface area contributed by atoms with Gasteiger partial charge in [0.15, 0.2) is 11.0 Å². The number of aromatic nitrogens is 3. The van der Waals surface area contributed by atoms with E-state index in [1.165, 1.54) is 24.0 Å². The number of amides is 1. The van der Waals surface area contributed by atoms with Gasteiger partial charge in [-0.25, -0.2) is 9.97 Å². The lowest BCUT2D eigenvalue weighted by molar-refractivity contribution is -0.113. The molecule has 22 heavy (non-hydrogen) atoms. The maximum atomic E-state index is 12.0. The largest absolute Gasteiger partial charge is 0.309 e. The Hall–Kier alpha value is -1.76. The zero-order chi connectivity index (χ0) is 15.5. The molecule has 0 radical (unpaired) electrons. The van der Waals surface area contributed by atoms with Crippen molar-refractivity contribution in [1.82, 2.24) is 14.4 Å². The highest BCUT2D eigenvalue weighted by atomic mass is 35.5. The number of carbonyl (C=O) groups excluding carboxylic acids is 1. The molecule has 0 atom stereocenters. The van der Waals surface area contributed by atoms with E-state index < -0.39 is 0 Å². The van der Waals surface area contributed by atoms with Crippen molar-refractivity contribution in [2.45, 2.75) is 5.16 Å². The van der Waals surface area contributed by atoms with Crippen LogP contribution in [0.15, 0.2) is 48.0 Å². The summed E-state index contributed by atoms with van der Waals surface area (Å²) in [6, 6.07) is 7.33. The fourth-order valence-electron chi connectivity index (χ4n) is 1.83. The number of fused-ring (bicyclic) bond motifs is 1. The molecule has 0 saturated carbocycles. The summed E-state index contributed by atoms with van der Waals surface area (Å²) in [7, 11) is 0. The monoisotopic (exact) mass is 352 g/mol. The molecule has 8 heteroatoms. The number of carbonyl (C=O) groups is 1. The molecule has 3 heterocycles. The number of imidazole rings is 1. The van der Waals surface area contributed by atoms with Crippen LogP contribution in [0, 0.1) is 0 Å². The highest BCUT2D eigenvalue weighted by Gasteiger charge is 2.10. The standard InChI is InChI=1S/C14H10Cl2N4OS/c15-9-5-11(16)13(17-6-9)19-12(21)8-22-14-18-7-10-3-1-2-4-20(10)14/h1-7H,8H2,(H,17,19,21). The number of thioether (sulfide) groups is 1. The van der Waals surface area contributed by atoms with E-state index in [1.807, 2.05) is 28.8 Å². The normalized spacial score (nSPS) is 10.8. The number of hydrogen-bond acceptors (Lipinski definition) is 4. The molecule has 0 unspecified atom stereocenters. The minimum absolute atomic E-state index is 0.203. The molecule has 0 aliphatic carbocycles. The number of halogens is 2. The first kappa shape index (κ1) is 15.1. The van der Waals surface area contributed by atoms with Crippen LogP contribution in [0.4, 0.5) is 5.82 Å². The molecule has 5 nitrogen and oxygen atoms in total. The fourth-order valence-corrected chi connectivity index (χ4v) is 3.02. The van der Waals surface area contributed by atoms with Crippen molar-refractivity contribution >= 4 is 52.2 Å². The molecule has 1 amide bonds. The van der Waals surface area contributed by atoms with E-state index in [9.17, 15) is 4.79 Å². The maximum absolute atomic E-state index is 12.0. The fraction of sp³-hybridized carbons (Fsp3) is 0.0714. The van der Waals surface area contributed by atoms with Gasteiger partial charge in [0.25, 0.3) is 0 Å². The van der Waals surface area contributed by atoms with Crippen LogP contribution in [-0.2, 0) is 4.79 Å². The second kappa shape index (κ2) is 6.56. The third kappa shape index (κ3) is 3.35. The van der Waals surface area contributed by atoms with Crippen molar-refractivity contribution < 1.29 is 4.79 Å². The van der Waals surface area contributed by atoms with Crippen LogP contribution >= 0.6 is 35.0 Å². The highest BCUT2D eigenvalue weighted by molar-refractivity contribution is 7.99. The molecule has 3 aromatic heterocycles. The third-order valence-electron chi connectivity index (χ3n) is 2.80. The molecule has 0 bridgehead atoms. The number of anilines is 1. The lowest BCUT2D eigenvalue weighted by Crippen LogP contribution is -2.15. The van der Waals surface area contributed by atoms with Crippen molar-refractivity contribution in [3.8, 4) is 0 Å². The number of nitrogens with zero attached hydrogens (tertiary/aromatic N) is 3. The van der Waals surface area contributed by atoms with Crippen LogP contribution in [0.25, 0.3) is 5.52 Å². The molecule has 112 valence electrons. The van der Waals surface area contributed by atoms with Crippen molar-refractivity contribution in [3.63, 3.8) is 0 Å². The molecular weight excluding hydrogens is 343 g/mol. The topological polar surface area (TPSA) is 59.3 Å². The Morgan fingerprint density at radius 1 is 1.27 bits per heavy atom. The van der Waals surface area contributed by atoms with Gasteiger partial charge in [0.2, 0.25) is 5.91 Å². The summed E-state index contributed by atoms with van der Waals surface area (Å²) < 4.78 is 1.92. The van der Waals surface area contributed by atoms with Crippen molar-refractivity contribution in [2.75, 3.05) is 11.1 Å². The van der Waals surface area contributed by atoms with Gasteiger partial charge in [0.1, 0.15) is 0 Å². The first-order valence-corrected chi connectivity index (χ1v) is 8.03. The second-order valence-electron chi connectivity index (χ2n) is 4.36. The summed E-state index contributed by atoms with van der Waals surface area (Å²) in [4.78, 5) is 20.3. The molecule has 0 aliphatic heterocycles. The molecule has 0 fully saturated rings. The number of nitrogens with one attached hydrogen (secondary N) is 1. The van der Waals surface area contributed by atoms with Gasteiger partial charge in [-0.3, -0.25) is 9.20 Å². The zero-order valence-corrected chi connectivity index (χ0v) is 13.5. The summed E-state index contributed by atoms with van der Waals surface area (Å²) in [5.74, 6) is 0.285. The molecule has 0 aromatic carbocycles. The van der Waals surface area contributed by atoms with Gasteiger partial charge >= 0.3 is 0 Å². The van der Waals surface area contributed by atoms with Gasteiger partial charge in [0.05, 0.1) is 27.5 Å². The molecule has 0 saturated heterocycles. The quantitative estimate of drug-likeness (QED) is 0.726. The Morgan fingerprint density at radius 2 is 2.14 bits per heavy atom. The molecule has 0 aliphatic rings. The summed E-state index contributed by atoms with van der Waals surface area (Å²) in [6.45, 7) is 0. The van der Waals surface area contributed by atoms with Gasteiger partial charge in [0, 0.05) is 12.4 Å². The maximum Gasteiger partial charge on any atom is 0.236 e. The molecular formula is C14H10Cl2N4OS. The van der Waals surface area contributed by atoms with E-state index in [0.717, 1.165) is 10.7 Å². The van der Waals surface area contributed by atoms with Crippen LogP contribution in [0.5, 0.6) is 0 Å². The average Bonchev–Trinajstić information content (AvgIpc) is 2.91. The van der Waals surface area contributed by atoms with Crippen molar-refractivity contribution in [1.29, 1.82) is 0 Å². The summed E-state index contributed by atoms with van der Waals surface area (Å²) in [5.41, 5.74) is 0.979. The van der Waals surface area contributed by atoms with Crippen molar-refractivity contribution in [2.24, 2.45) is 0 Å². The number of pyridine rings is 2. The van der Waals surface area contributed by atoms with Gasteiger partial charge in [-0.15, -0.1) is 0 Å². The number of hydrogen-bond donors (Lipinski definition) is 1. The van der Waals surface area contributed by atoms with Gasteiger partial charge < -0.3 is 5.32 Å². The van der Waals surface area contributed by atoms with E-state index in [0.29, 0.717) is 15.9 Å². The summed E-state index contributed by atoms with van der Waals surface area (Å²) >= 11 is 13.1. The first-order chi connectivity index (χ1) is 10.6. The molecule has 0 spiro atoms. The van der Waals surface area contributed by atoms with E-state index in [4.69, 9.17) is 23.2 Å². The van der Waals surface area contributed by atoms with E-state index in [1.54, 1.807) is 6.20 Å². The predicted molar refractivity (Wildman–Crippen MR) is 88.8 cm³/mol. The van der Waals surface area contributed by atoms with Gasteiger partial charge in [-0.1, -0.05) is 41.0 Å². The second-order valence-corrected chi connectivity index (χ2v) is 6.14. The Labute approximate surface area is 140 Å². The van der Waals surface area contributed by atoms with E-state index in [-0.39, 0.29) is 11.7 Å². The van der Waals surface area contributed by atoms with Crippen LogP contribution in [-0.4, -0.2) is 26.0 Å².